The Morgan fingerprint density at radius 1 is 1.47 bits per heavy atom. The molecule has 0 atom stereocenters. The van der Waals surface area contributed by atoms with Crippen LogP contribution in [0.5, 0.6) is 0 Å². The fraction of sp³-hybridized carbons (Fsp3) is 0.455. The van der Waals surface area contributed by atoms with E-state index in [9.17, 15) is 4.39 Å². The van der Waals surface area contributed by atoms with Gasteiger partial charge in [0.1, 0.15) is 0 Å². The number of anilines is 1. The molecule has 0 unspecified atom stereocenters. The van der Waals surface area contributed by atoms with Gasteiger partial charge < -0.3 is 10.1 Å². The molecule has 0 amide bonds. The van der Waals surface area contributed by atoms with Crippen molar-refractivity contribution in [1.29, 1.82) is 0 Å². The summed E-state index contributed by atoms with van der Waals surface area (Å²) in [5.74, 6) is -0.375. The maximum Gasteiger partial charge on any atom is 0.164 e. The predicted octanol–water partition coefficient (Wildman–Crippen LogP) is 3.07. The molecule has 0 spiro atoms. The van der Waals surface area contributed by atoms with Crippen LogP contribution in [0.2, 0.25) is 5.02 Å². The highest BCUT2D eigenvalue weighted by Gasteiger charge is 2.29. The van der Waals surface area contributed by atoms with Gasteiger partial charge in [-0.3, -0.25) is 0 Å². The third kappa shape index (κ3) is 2.24. The first-order valence-electron chi connectivity index (χ1n) is 4.94. The van der Waals surface area contributed by atoms with E-state index < -0.39 is 0 Å². The number of rotatable bonds is 3. The van der Waals surface area contributed by atoms with E-state index in [0.29, 0.717) is 17.8 Å². The van der Waals surface area contributed by atoms with Gasteiger partial charge >= 0.3 is 0 Å². The highest BCUT2D eigenvalue weighted by molar-refractivity contribution is 6.31. The molecule has 0 bridgehead atoms. The second-order valence-corrected chi connectivity index (χ2v) is 4.18. The van der Waals surface area contributed by atoms with Crippen LogP contribution < -0.4 is 5.32 Å². The van der Waals surface area contributed by atoms with Crippen molar-refractivity contribution in [3.63, 3.8) is 0 Å². The summed E-state index contributed by atoms with van der Waals surface area (Å²) in [7, 11) is 1.70. The largest absolute Gasteiger partial charge is 0.381 e. The van der Waals surface area contributed by atoms with E-state index in [4.69, 9.17) is 16.3 Å². The van der Waals surface area contributed by atoms with Crippen LogP contribution in [0.3, 0.4) is 0 Å². The van der Waals surface area contributed by atoms with E-state index in [0.717, 1.165) is 12.8 Å². The van der Waals surface area contributed by atoms with Crippen molar-refractivity contribution in [2.45, 2.75) is 25.0 Å². The first-order valence-corrected chi connectivity index (χ1v) is 5.32. The van der Waals surface area contributed by atoms with Crippen LogP contribution in [-0.4, -0.2) is 19.3 Å². The smallest absolute Gasteiger partial charge is 0.164 e. The van der Waals surface area contributed by atoms with Crippen LogP contribution in [-0.2, 0) is 4.74 Å². The number of halogens is 2. The third-order valence-corrected chi connectivity index (χ3v) is 3.03. The molecule has 1 saturated carbocycles. The summed E-state index contributed by atoms with van der Waals surface area (Å²) < 4.78 is 18.6. The summed E-state index contributed by atoms with van der Waals surface area (Å²) >= 11 is 5.67. The van der Waals surface area contributed by atoms with E-state index in [1.165, 1.54) is 0 Å². The Labute approximate surface area is 93.4 Å². The van der Waals surface area contributed by atoms with Crippen LogP contribution in [0.15, 0.2) is 18.2 Å². The molecule has 0 aliphatic heterocycles. The molecule has 1 aliphatic rings. The topological polar surface area (TPSA) is 21.3 Å². The van der Waals surface area contributed by atoms with Crippen molar-refractivity contribution in [1.82, 2.24) is 0 Å². The van der Waals surface area contributed by atoms with Gasteiger partial charge in [0.05, 0.1) is 16.8 Å². The van der Waals surface area contributed by atoms with E-state index >= 15 is 0 Å². The maximum absolute atomic E-state index is 13.5. The lowest BCUT2D eigenvalue weighted by atomic mass is 9.89. The Balaban J connectivity index is 1.97. The minimum Gasteiger partial charge on any atom is -0.381 e. The quantitative estimate of drug-likeness (QED) is 0.860. The Bertz CT molecular complexity index is 352. The Hall–Kier alpha value is -0.800. The summed E-state index contributed by atoms with van der Waals surface area (Å²) in [5.41, 5.74) is 0.474. The molecule has 15 heavy (non-hydrogen) atoms. The Morgan fingerprint density at radius 2 is 2.20 bits per heavy atom. The zero-order valence-electron chi connectivity index (χ0n) is 8.47. The van der Waals surface area contributed by atoms with E-state index in [2.05, 4.69) is 5.32 Å². The number of benzene rings is 1. The van der Waals surface area contributed by atoms with Crippen molar-refractivity contribution < 1.29 is 9.13 Å². The number of hydrogen-bond acceptors (Lipinski definition) is 2. The van der Waals surface area contributed by atoms with Crippen LogP contribution in [0.25, 0.3) is 0 Å². The van der Waals surface area contributed by atoms with Crippen molar-refractivity contribution >= 4 is 17.3 Å². The molecule has 82 valence electrons. The van der Waals surface area contributed by atoms with Crippen LogP contribution in [0.1, 0.15) is 12.8 Å². The van der Waals surface area contributed by atoms with Gasteiger partial charge in [0, 0.05) is 13.2 Å². The molecule has 0 radical (unpaired) electrons. The lowest BCUT2D eigenvalue weighted by Crippen LogP contribution is -2.40. The maximum atomic E-state index is 13.5. The minimum absolute atomic E-state index is 0.155. The molecule has 1 N–H and O–H groups in total. The predicted molar refractivity (Wildman–Crippen MR) is 58.9 cm³/mol. The molecule has 0 saturated heterocycles. The molecule has 2 nitrogen and oxygen atoms in total. The molecular formula is C11H13ClFNO. The molecule has 4 heteroatoms. The summed E-state index contributed by atoms with van der Waals surface area (Å²) in [5, 5.41) is 3.27. The Kier molecular flexibility index (Phi) is 3.12. The SMILES string of the molecule is COC1CC(Nc2cccc(Cl)c2F)C1. The van der Waals surface area contributed by atoms with Crippen LogP contribution in [0, 0.1) is 5.82 Å². The fourth-order valence-corrected chi connectivity index (χ4v) is 1.89. The van der Waals surface area contributed by atoms with Gasteiger partial charge in [-0.05, 0) is 25.0 Å². The number of nitrogens with one attached hydrogen (secondary N) is 1. The zero-order chi connectivity index (χ0) is 10.8. The average Bonchev–Trinajstić information content (AvgIpc) is 2.17. The van der Waals surface area contributed by atoms with Crippen LogP contribution in [0.4, 0.5) is 10.1 Å². The number of ether oxygens (including phenoxy) is 1. The average molecular weight is 230 g/mol. The van der Waals surface area contributed by atoms with Crippen molar-refractivity contribution in [3.8, 4) is 0 Å². The van der Waals surface area contributed by atoms with Crippen molar-refractivity contribution in [2.24, 2.45) is 0 Å². The summed E-state index contributed by atoms with van der Waals surface area (Å²) in [6.45, 7) is 0. The molecule has 2 rings (SSSR count). The van der Waals surface area contributed by atoms with Gasteiger partial charge in [-0.2, -0.15) is 0 Å². The number of hydrogen-bond donors (Lipinski definition) is 1. The third-order valence-electron chi connectivity index (χ3n) is 2.74. The summed E-state index contributed by atoms with van der Waals surface area (Å²) in [6.07, 6.45) is 2.15. The molecular weight excluding hydrogens is 217 g/mol. The van der Waals surface area contributed by atoms with E-state index in [1.807, 2.05) is 0 Å². The lowest BCUT2D eigenvalue weighted by molar-refractivity contribution is 0.0328. The van der Waals surface area contributed by atoms with Gasteiger partial charge in [-0.25, -0.2) is 4.39 Å². The second kappa shape index (κ2) is 4.37. The second-order valence-electron chi connectivity index (χ2n) is 3.77. The minimum atomic E-state index is -0.375. The summed E-state index contributed by atoms with van der Waals surface area (Å²) in [4.78, 5) is 0. The fourth-order valence-electron chi connectivity index (χ4n) is 1.71. The van der Waals surface area contributed by atoms with Gasteiger partial charge in [-0.15, -0.1) is 0 Å². The normalized spacial score (nSPS) is 24.7. The van der Waals surface area contributed by atoms with Gasteiger partial charge in [-0.1, -0.05) is 17.7 Å². The van der Waals surface area contributed by atoms with E-state index in [1.54, 1.807) is 25.3 Å². The summed E-state index contributed by atoms with van der Waals surface area (Å²) in [6, 6.07) is 5.27. The molecule has 0 heterocycles. The first kappa shape index (κ1) is 10.7. The first-order chi connectivity index (χ1) is 7.20. The highest BCUT2D eigenvalue weighted by Crippen LogP contribution is 2.29. The molecule has 1 aromatic rings. The van der Waals surface area contributed by atoms with Gasteiger partial charge in [0.2, 0.25) is 0 Å². The zero-order valence-corrected chi connectivity index (χ0v) is 9.22. The van der Waals surface area contributed by atoms with Gasteiger partial charge in [0.15, 0.2) is 5.82 Å². The molecule has 1 aromatic carbocycles. The molecule has 0 aromatic heterocycles. The van der Waals surface area contributed by atoms with Crippen molar-refractivity contribution in [3.05, 3.63) is 29.0 Å². The lowest BCUT2D eigenvalue weighted by Gasteiger charge is -2.35. The standard InChI is InChI=1S/C11H13ClFNO/c1-15-8-5-7(6-8)14-10-4-2-3-9(12)11(10)13/h2-4,7-8,14H,5-6H2,1H3. The Morgan fingerprint density at radius 3 is 2.87 bits per heavy atom. The monoisotopic (exact) mass is 229 g/mol. The number of methoxy groups -OCH3 is 1. The molecule has 1 fully saturated rings. The van der Waals surface area contributed by atoms with E-state index in [-0.39, 0.29) is 10.8 Å². The molecule has 1 aliphatic carbocycles. The van der Waals surface area contributed by atoms with Crippen molar-refractivity contribution in [2.75, 3.05) is 12.4 Å². The van der Waals surface area contributed by atoms with Crippen LogP contribution >= 0.6 is 11.6 Å². The van der Waals surface area contributed by atoms with Gasteiger partial charge in [0.25, 0.3) is 0 Å². The highest BCUT2D eigenvalue weighted by atomic mass is 35.5.